The van der Waals surface area contributed by atoms with Gasteiger partial charge in [-0.3, -0.25) is 14.6 Å². The number of nitrogens with one attached hydrogen (secondary N) is 2. The van der Waals surface area contributed by atoms with E-state index in [1.54, 1.807) is 6.07 Å². The SMILES string of the molecule is CC(O)c1ccc(Oc2ccc(CNC(=O)C3(NC(=O)c4ccns4)CC3)nc2)c(C(F)(F)F)c1. The average Bonchev–Trinajstić information content (AvgIpc) is 3.38. The maximum Gasteiger partial charge on any atom is 0.419 e. The number of aliphatic hydroxyl groups is 1. The van der Waals surface area contributed by atoms with Crippen LogP contribution in [0.15, 0.2) is 48.8 Å². The van der Waals surface area contributed by atoms with Crippen LogP contribution in [0.25, 0.3) is 0 Å². The van der Waals surface area contributed by atoms with Crippen molar-refractivity contribution in [2.45, 2.75) is 44.1 Å². The lowest BCUT2D eigenvalue weighted by Gasteiger charge is -2.17. The molecule has 3 aromatic rings. The molecule has 0 spiro atoms. The molecular weight excluding hydrogens is 485 g/mol. The Hall–Kier alpha value is -3.51. The lowest BCUT2D eigenvalue weighted by Crippen LogP contribution is -2.48. The standard InChI is InChI=1S/C23H21F3N4O4S/c1-13(31)14-2-5-18(17(10-14)23(24,25)26)34-16-4-3-15(27-12-16)11-28-21(33)22(7-8-22)30-20(32)19-6-9-29-35-19/h2-6,9-10,12-13,31H,7-8,11H2,1H3,(H,28,33)(H,30,32). The fraction of sp³-hybridized carbons (Fsp3) is 0.304. The fourth-order valence-corrected chi connectivity index (χ4v) is 3.80. The maximum absolute atomic E-state index is 13.4. The number of hydrogen-bond acceptors (Lipinski definition) is 7. The predicted octanol–water partition coefficient (Wildman–Crippen LogP) is 3.98. The van der Waals surface area contributed by atoms with Crippen LogP contribution in [-0.2, 0) is 17.5 Å². The molecule has 0 radical (unpaired) electrons. The molecule has 12 heteroatoms. The van der Waals surface area contributed by atoms with Crippen LogP contribution >= 0.6 is 11.5 Å². The third-order valence-electron chi connectivity index (χ3n) is 5.45. The Labute approximate surface area is 202 Å². The molecule has 184 valence electrons. The number of benzene rings is 1. The number of halogens is 3. The van der Waals surface area contributed by atoms with Crippen molar-refractivity contribution in [3.63, 3.8) is 0 Å². The lowest BCUT2D eigenvalue weighted by atomic mass is 10.1. The molecule has 1 fully saturated rings. The van der Waals surface area contributed by atoms with Crippen molar-refractivity contribution >= 4 is 23.3 Å². The van der Waals surface area contributed by atoms with Gasteiger partial charge in [0.15, 0.2) is 0 Å². The normalized spacial score (nSPS) is 15.2. The number of aromatic nitrogens is 2. The van der Waals surface area contributed by atoms with Crippen LogP contribution < -0.4 is 15.4 Å². The van der Waals surface area contributed by atoms with Crippen LogP contribution in [0.1, 0.15) is 52.4 Å². The van der Waals surface area contributed by atoms with Crippen LogP contribution in [0.5, 0.6) is 11.5 Å². The summed E-state index contributed by atoms with van der Waals surface area (Å²) in [5.74, 6) is -1.05. The Morgan fingerprint density at radius 2 is 2.00 bits per heavy atom. The van der Waals surface area contributed by atoms with Gasteiger partial charge in [0.2, 0.25) is 5.91 Å². The van der Waals surface area contributed by atoms with Crippen LogP contribution in [0.2, 0.25) is 0 Å². The van der Waals surface area contributed by atoms with Gasteiger partial charge in [-0.1, -0.05) is 6.07 Å². The minimum Gasteiger partial charge on any atom is -0.455 e. The minimum atomic E-state index is -4.67. The molecule has 8 nitrogen and oxygen atoms in total. The van der Waals surface area contributed by atoms with E-state index in [4.69, 9.17) is 4.74 Å². The molecule has 0 aliphatic heterocycles. The summed E-state index contributed by atoms with van der Waals surface area (Å²) in [6.45, 7) is 1.44. The zero-order valence-corrected chi connectivity index (χ0v) is 19.2. The number of carbonyl (C=O) groups is 2. The number of ether oxygens (including phenoxy) is 1. The molecule has 4 rings (SSSR count). The number of hydrogen-bond donors (Lipinski definition) is 3. The summed E-state index contributed by atoms with van der Waals surface area (Å²) < 4.78 is 49.6. The lowest BCUT2D eigenvalue weighted by molar-refractivity contribution is -0.138. The third kappa shape index (κ3) is 5.77. The van der Waals surface area contributed by atoms with E-state index in [1.165, 1.54) is 37.5 Å². The second-order valence-electron chi connectivity index (χ2n) is 8.11. The highest BCUT2D eigenvalue weighted by Crippen LogP contribution is 2.39. The molecule has 0 bridgehead atoms. The van der Waals surface area contributed by atoms with E-state index >= 15 is 0 Å². The molecule has 1 aliphatic carbocycles. The van der Waals surface area contributed by atoms with Crippen molar-refractivity contribution in [2.24, 2.45) is 0 Å². The highest BCUT2D eigenvalue weighted by molar-refractivity contribution is 7.08. The van der Waals surface area contributed by atoms with Crippen LogP contribution in [0.3, 0.4) is 0 Å². The molecule has 1 aliphatic rings. The smallest absolute Gasteiger partial charge is 0.419 e. The number of aliphatic hydroxyl groups excluding tert-OH is 1. The molecule has 35 heavy (non-hydrogen) atoms. The molecule has 2 amide bonds. The van der Waals surface area contributed by atoms with Crippen molar-refractivity contribution < 1.29 is 32.6 Å². The molecule has 1 atom stereocenters. The maximum atomic E-state index is 13.4. The third-order valence-corrected chi connectivity index (χ3v) is 6.19. The quantitative estimate of drug-likeness (QED) is 0.426. The summed E-state index contributed by atoms with van der Waals surface area (Å²) >= 11 is 1.04. The molecule has 0 saturated heterocycles. The number of pyridine rings is 1. The van der Waals surface area contributed by atoms with Gasteiger partial charge in [0.25, 0.3) is 5.91 Å². The highest BCUT2D eigenvalue weighted by atomic mass is 32.1. The Morgan fingerprint density at radius 3 is 2.57 bits per heavy atom. The summed E-state index contributed by atoms with van der Waals surface area (Å²) in [5, 5.41) is 15.1. The molecule has 3 N–H and O–H groups in total. The van der Waals surface area contributed by atoms with E-state index in [0.29, 0.717) is 23.4 Å². The average molecular weight is 507 g/mol. The molecular formula is C23H21F3N4O4S. The summed E-state index contributed by atoms with van der Waals surface area (Å²) in [5.41, 5.74) is -1.40. The van der Waals surface area contributed by atoms with Gasteiger partial charge in [-0.15, -0.1) is 0 Å². The Bertz CT molecular complexity index is 1210. The molecule has 2 heterocycles. The fourth-order valence-electron chi connectivity index (χ4n) is 3.31. The summed E-state index contributed by atoms with van der Waals surface area (Å²) in [4.78, 5) is 29.4. The van der Waals surface area contributed by atoms with Crippen LogP contribution in [-0.4, -0.2) is 31.8 Å². The number of nitrogens with zero attached hydrogens (tertiary/aromatic N) is 2. The number of rotatable bonds is 8. The molecule has 2 aromatic heterocycles. The van der Waals surface area contributed by atoms with Gasteiger partial charge >= 0.3 is 6.18 Å². The second-order valence-corrected chi connectivity index (χ2v) is 8.95. The first-order chi connectivity index (χ1) is 16.6. The van der Waals surface area contributed by atoms with E-state index in [2.05, 4.69) is 20.0 Å². The highest BCUT2D eigenvalue weighted by Gasteiger charge is 2.51. The first-order valence-corrected chi connectivity index (χ1v) is 11.4. The Balaban J connectivity index is 1.37. The minimum absolute atomic E-state index is 0.0637. The van der Waals surface area contributed by atoms with Crippen molar-refractivity contribution in [1.82, 2.24) is 20.0 Å². The predicted molar refractivity (Wildman–Crippen MR) is 120 cm³/mol. The van der Waals surface area contributed by atoms with E-state index in [9.17, 15) is 27.9 Å². The zero-order valence-electron chi connectivity index (χ0n) is 18.4. The van der Waals surface area contributed by atoms with Gasteiger partial charge in [0, 0.05) is 6.20 Å². The number of alkyl halides is 3. The second kappa shape index (κ2) is 9.62. The van der Waals surface area contributed by atoms with Crippen molar-refractivity contribution in [2.75, 3.05) is 0 Å². The molecule has 1 aromatic carbocycles. The molecule has 1 saturated carbocycles. The largest absolute Gasteiger partial charge is 0.455 e. The van der Waals surface area contributed by atoms with Gasteiger partial charge in [0.05, 0.1) is 30.1 Å². The van der Waals surface area contributed by atoms with E-state index in [1.807, 2.05) is 0 Å². The monoisotopic (exact) mass is 506 g/mol. The van der Waals surface area contributed by atoms with Gasteiger partial charge in [-0.05, 0) is 67.2 Å². The summed E-state index contributed by atoms with van der Waals surface area (Å²) in [7, 11) is 0. The Kier molecular flexibility index (Phi) is 6.77. The van der Waals surface area contributed by atoms with Gasteiger partial charge in [-0.2, -0.15) is 13.2 Å². The van der Waals surface area contributed by atoms with Crippen LogP contribution in [0.4, 0.5) is 13.2 Å². The Morgan fingerprint density at radius 1 is 1.23 bits per heavy atom. The first-order valence-electron chi connectivity index (χ1n) is 10.6. The van der Waals surface area contributed by atoms with E-state index in [-0.39, 0.29) is 29.7 Å². The number of carbonyl (C=O) groups excluding carboxylic acids is 2. The van der Waals surface area contributed by atoms with Crippen LogP contribution in [0, 0.1) is 0 Å². The van der Waals surface area contributed by atoms with Gasteiger partial charge in [-0.25, -0.2) is 4.37 Å². The number of amides is 2. The van der Waals surface area contributed by atoms with Gasteiger partial charge < -0.3 is 20.5 Å². The summed E-state index contributed by atoms with van der Waals surface area (Å²) in [6, 6.07) is 7.88. The summed E-state index contributed by atoms with van der Waals surface area (Å²) in [6.07, 6.45) is -1.95. The van der Waals surface area contributed by atoms with Crippen molar-refractivity contribution in [3.8, 4) is 11.5 Å². The topological polar surface area (TPSA) is 113 Å². The zero-order chi connectivity index (χ0) is 25.2. The van der Waals surface area contributed by atoms with Crippen molar-refractivity contribution in [3.05, 3.63) is 70.5 Å². The molecule has 1 unspecified atom stereocenters. The van der Waals surface area contributed by atoms with Crippen molar-refractivity contribution in [1.29, 1.82) is 0 Å². The van der Waals surface area contributed by atoms with E-state index in [0.717, 1.165) is 23.7 Å². The van der Waals surface area contributed by atoms with E-state index < -0.39 is 29.1 Å². The van der Waals surface area contributed by atoms with Gasteiger partial charge in [0.1, 0.15) is 21.9 Å². The first kappa shape index (κ1) is 24.6.